The molecule has 0 aromatic carbocycles. The van der Waals surface area contributed by atoms with E-state index in [4.69, 9.17) is 11.5 Å². The van der Waals surface area contributed by atoms with E-state index < -0.39 is 17.5 Å². The van der Waals surface area contributed by atoms with Crippen LogP contribution in [0, 0.1) is 5.92 Å². The quantitative estimate of drug-likeness (QED) is 0.107. The molecule has 3 heterocycles. The van der Waals surface area contributed by atoms with Crippen LogP contribution in [0.1, 0.15) is 48.3 Å². The number of carbonyl (C=O) groups excluding carboxylic acids is 3. The van der Waals surface area contributed by atoms with Crippen LogP contribution in [-0.4, -0.2) is 58.8 Å². The molecule has 1 aliphatic heterocycles. The molecule has 1 aliphatic rings. The summed E-state index contributed by atoms with van der Waals surface area (Å²) in [4.78, 5) is 58.9. The van der Waals surface area contributed by atoms with Crippen LogP contribution in [0.3, 0.4) is 0 Å². The number of nitrogens with two attached hydrogens (primary N) is 2. The minimum atomic E-state index is -0.846. The van der Waals surface area contributed by atoms with Gasteiger partial charge in [0, 0.05) is 30.7 Å². The average molecular weight is 531 g/mol. The average Bonchev–Trinajstić information content (AvgIpc) is 3.42. The second kappa shape index (κ2) is 14.2. The number of anilines is 1. The van der Waals surface area contributed by atoms with Crippen molar-refractivity contribution < 1.29 is 14.4 Å². The lowest BCUT2D eigenvalue weighted by molar-refractivity contribution is -0.122. The number of aliphatic imine (C=N–C) groups is 1. The van der Waals surface area contributed by atoms with E-state index in [9.17, 15) is 19.2 Å². The Balaban J connectivity index is 1.59. The first-order chi connectivity index (χ1) is 17.8. The van der Waals surface area contributed by atoms with Crippen LogP contribution in [0.15, 0.2) is 39.7 Å². The molecule has 12 nitrogen and oxygen atoms in total. The smallest absolute Gasteiger partial charge is 0.274 e. The molecule has 0 saturated carbocycles. The molecule has 2 amide bonds. The zero-order valence-electron chi connectivity index (χ0n) is 20.7. The Morgan fingerprint density at radius 2 is 2.03 bits per heavy atom. The number of thiazole rings is 1. The van der Waals surface area contributed by atoms with Gasteiger partial charge in [-0.15, -0.1) is 11.3 Å². The van der Waals surface area contributed by atoms with Gasteiger partial charge in [0.15, 0.2) is 11.0 Å². The molecule has 0 radical (unpaired) electrons. The van der Waals surface area contributed by atoms with Crippen molar-refractivity contribution in [2.75, 3.05) is 25.0 Å². The maximum absolute atomic E-state index is 12.9. The lowest BCUT2D eigenvalue weighted by atomic mass is 9.93. The molecule has 2 aromatic rings. The summed E-state index contributed by atoms with van der Waals surface area (Å²) in [6.45, 7) is 1.92. The van der Waals surface area contributed by atoms with Crippen molar-refractivity contribution in [2.24, 2.45) is 22.4 Å². The van der Waals surface area contributed by atoms with E-state index in [1.165, 1.54) is 34.4 Å². The largest absolute Gasteiger partial charge is 0.370 e. The van der Waals surface area contributed by atoms with E-state index in [2.05, 4.69) is 25.9 Å². The summed E-state index contributed by atoms with van der Waals surface area (Å²) in [5, 5.41) is 10.6. The Bertz CT molecular complexity index is 1140. The Morgan fingerprint density at radius 3 is 2.73 bits per heavy atom. The highest BCUT2D eigenvalue weighted by Crippen LogP contribution is 2.18. The number of amides is 2. The van der Waals surface area contributed by atoms with Crippen LogP contribution < -0.4 is 33.0 Å². The molecule has 1 saturated heterocycles. The number of rotatable bonds is 13. The number of ketones is 1. The molecule has 0 aliphatic carbocycles. The molecule has 2 aromatic heterocycles. The third kappa shape index (κ3) is 9.10. The van der Waals surface area contributed by atoms with Gasteiger partial charge in [0.2, 0.25) is 17.6 Å². The summed E-state index contributed by atoms with van der Waals surface area (Å²) in [6.07, 6.45) is 6.92. The number of pyridine rings is 1. The van der Waals surface area contributed by atoms with Crippen LogP contribution in [0.4, 0.5) is 5.69 Å². The highest BCUT2D eigenvalue weighted by atomic mass is 32.1. The van der Waals surface area contributed by atoms with E-state index in [0.717, 1.165) is 32.4 Å². The van der Waals surface area contributed by atoms with E-state index >= 15 is 0 Å². The molecule has 0 unspecified atom stereocenters. The highest BCUT2D eigenvalue weighted by Gasteiger charge is 2.24. The molecule has 7 N–H and O–H groups in total. The summed E-state index contributed by atoms with van der Waals surface area (Å²) in [5.74, 6) is -0.622. The minimum absolute atomic E-state index is 0.0514. The number of hydrogen-bond donors (Lipinski definition) is 5. The number of aromatic nitrogens is 2. The van der Waals surface area contributed by atoms with Gasteiger partial charge >= 0.3 is 0 Å². The Labute approximate surface area is 218 Å². The van der Waals surface area contributed by atoms with E-state index in [1.807, 2.05) is 0 Å². The number of Topliss-reactive ketones (excluding diaryl/α,β-unsaturated/α-hetero) is 1. The summed E-state index contributed by atoms with van der Waals surface area (Å²) in [5.41, 5.74) is 10.3. The van der Waals surface area contributed by atoms with Gasteiger partial charge in [-0.25, -0.2) is 4.98 Å². The Morgan fingerprint density at radius 1 is 1.24 bits per heavy atom. The van der Waals surface area contributed by atoms with E-state index in [0.29, 0.717) is 31.7 Å². The summed E-state index contributed by atoms with van der Waals surface area (Å²) in [7, 11) is 0. The SMILES string of the molecule is NC(N)=NCCC[C@H](NC(=O)Cn1cccc(NC(=O)CCC2CCNCC2)c1=O)C(=O)c1nccs1. The van der Waals surface area contributed by atoms with Crippen molar-refractivity contribution in [2.45, 2.75) is 51.1 Å². The molecule has 37 heavy (non-hydrogen) atoms. The first-order valence-electron chi connectivity index (χ1n) is 12.3. The Hall–Kier alpha value is -3.58. The van der Waals surface area contributed by atoms with Crippen LogP contribution in [-0.2, 0) is 16.1 Å². The van der Waals surface area contributed by atoms with Crippen molar-refractivity contribution in [3.8, 4) is 0 Å². The highest BCUT2D eigenvalue weighted by molar-refractivity contribution is 7.11. The molecule has 1 fully saturated rings. The first-order valence-corrected chi connectivity index (χ1v) is 13.2. The molecule has 0 spiro atoms. The molecule has 13 heteroatoms. The molecule has 200 valence electrons. The normalized spacial score (nSPS) is 14.5. The van der Waals surface area contributed by atoms with Gasteiger partial charge in [-0.1, -0.05) is 0 Å². The van der Waals surface area contributed by atoms with Gasteiger partial charge in [0.25, 0.3) is 5.56 Å². The van der Waals surface area contributed by atoms with Gasteiger partial charge in [-0.3, -0.25) is 24.2 Å². The van der Waals surface area contributed by atoms with Crippen LogP contribution >= 0.6 is 11.3 Å². The second-order valence-electron chi connectivity index (χ2n) is 8.91. The van der Waals surface area contributed by atoms with E-state index in [1.54, 1.807) is 11.4 Å². The summed E-state index contributed by atoms with van der Waals surface area (Å²) >= 11 is 1.18. The number of carbonyl (C=O) groups is 3. The van der Waals surface area contributed by atoms with Crippen molar-refractivity contribution in [3.63, 3.8) is 0 Å². The number of hydrogen-bond acceptors (Lipinski definition) is 8. The van der Waals surface area contributed by atoms with Gasteiger partial charge in [-0.2, -0.15) is 0 Å². The summed E-state index contributed by atoms with van der Waals surface area (Å²) < 4.78 is 1.20. The lowest BCUT2D eigenvalue weighted by Gasteiger charge is -2.22. The van der Waals surface area contributed by atoms with Crippen LogP contribution in [0.2, 0.25) is 0 Å². The maximum Gasteiger partial charge on any atom is 0.274 e. The molecule has 3 rings (SSSR count). The molecular weight excluding hydrogens is 496 g/mol. The fourth-order valence-electron chi connectivity index (χ4n) is 4.14. The molecule has 0 bridgehead atoms. The lowest BCUT2D eigenvalue weighted by Crippen LogP contribution is -2.43. The summed E-state index contributed by atoms with van der Waals surface area (Å²) in [6, 6.07) is 2.25. The van der Waals surface area contributed by atoms with Crippen molar-refractivity contribution in [1.29, 1.82) is 0 Å². The van der Waals surface area contributed by atoms with Gasteiger partial charge in [-0.05, 0) is 63.2 Å². The second-order valence-corrected chi connectivity index (χ2v) is 9.80. The zero-order valence-corrected chi connectivity index (χ0v) is 21.5. The third-order valence-electron chi connectivity index (χ3n) is 6.09. The van der Waals surface area contributed by atoms with E-state index in [-0.39, 0.29) is 34.9 Å². The number of nitrogens with one attached hydrogen (secondary N) is 3. The standard InChI is InChI=1S/C24H34N8O4S/c25-24(26)29-9-1-3-17(21(35)22-28-12-14-37-22)30-20(34)15-32-13-2-4-18(23(32)36)31-19(33)6-5-16-7-10-27-11-8-16/h2,4,12-14,16-17,27H,1,3,5-11,15H2,(H,30,34)(H,31,33)(H4,25,26,29)/t17-/m0/s1. The number of piperidine rings is 1. The fourth-order valence-corrected chi connectivity index (χ4v) is 4.77. The van der Waals surface area contributed by atoms with Crippen molar-refractivity contribution >= 4 is 40.6 Å². The zero-order chi connectivity index (χ0) is 26.6. The van der Waals surface area contributed by atoms with Gasteiger partial charge in [0.1, 0.15) is 12.2 Å². The van der Waals surface area contributed by atoms with Crippen LogP contribution in [0.5, 0.6) is 0 Å². The van der Waals surface area contributed by atoms with Gasteiger partial charge < -0.3 is 32.0 Å². The molecular formula is C24H34N8O4S. The van der Waals surface area contributed by atoms with Crippen LogP contribution in [0.25, 0.3) is 0 Å². The predicted molar refractivity (Wildman–Crippen MR) is 142 cm³/mol. The third-order valence-corrected chi connectivity index (χ3v) is 6.87. The van der Waals surface area contributed by atoms with Crippen molar-refractivity contribution in [1.82, 2.24) is 20.2 Å². The van der Waals surface area contributed by atoms with Crippen molar-refractivity contribution in [3.05, 3.63) is 45.3 Å². The monoisotopic (exact) mass is 530 g/mol. The Kier molecular flexibility index (Phi) is 10.8. The van der Waals surface area contributed by atoms with Gasteiger partial charge in [0.05, 0.1) is 6.04 Å². The number of guanidine groups is 1. The number of nitrogens with zero attached hydrogens (tertiary/aromatic N) is 3. The minimum Gasteiger partial charge on any atom is -0.370 e. The fraction of sp³-hybridized carbons (Fsp3) is 0.500. The topological polar surface area (TPSA) is 187 Å². The maximum atomic E-state index is 12.9. The predicted octanol–water partition coefficient (Wildman–Crippen LogP) is 0.444. The first kappa shape index (κ1) is 28.0. The molecule has 1 atom stereocenters.